The molecular formula is C16H18N3O4S+. The number of fused-ring (bicyclic) bond motifs is 1. The van der Waals surface area contributed by atoms with Crippen LogP contribution in [0.5, 0.6) is 5.75 Å². The van der Waals surface area contributed by atoms with E-state index in [0.717, 1.165) is 22.8 Å². The molecule has 0 radical (unpaired) electrons. The van der Waals surface area contributed by atoms with Gasteiger partial charge in [0.25, 0.3) is 5.56 Å². The molecule has 0 aliphatic carbocycles. The van der Waals surface area contributed by atoms with Crippen LogP contribution in [0.1, 0.15) is 5.56 Å². The Labute approximate surface area is 142 Å². The Morgan fingerprint density at radius 3 is 2.79 bits per heavy atom. The van der Waals surface area contributed by atoms with Gasteiger partial charge in [0.05, 0.1) is 14.2 Å². The number of aromatic nitrogens is 1. The number of nitrogens with one attached hydrogen (secondary N) is 1. The lowest BCUT2D eigenvalue weighted by molar-refractivity contribution is -0.938. The molecule has 3 rings (SSSR count). The number of hydrogen-bond acceptors (Lipinski definition) is 6. The summed E-state index contributed by atoms with van der Waals surface area (Å²) < 4.78 is 11.7. The van der Waals surface area contributed by atoms with E-state index in [1.165, 1.54) is 24.5 Å². The smallest absolute Gasteiger partial charge is 0.332 e. The van der Waals surface area contributed by atoms with Crippen LogP contribution in [0.2, 0.25) is 0 Å². The number of quaternary nitrogens is 1. The highest BCUT2D eigenvalue weighted by atomic mass is 32.1. The molecule has 1 N–H and O–H groups in total. The molecule has 1 aliphatic heterocycles. The van der Waals surface area contributed by atoms with Crippen molar-refractivity contribution in [3.05, 3.63) is 49.5 Å². The minimum Gasteiger partial charge on any atom is -0.497 e. The van der Waals surface area contributed by atoms with Gasteiger partial charge in [0, 0.05) is 11.6 Å². The predicted octanol–water partition coefficient (Wildman–Crippen LogP) is -1.49. The van der Waals surface area contributed by atoms with Crippen molar-refractivity contribution < 1.29 is 19.2 Å². The second-order valence-corrected chi connectivity index (χ2v) is 6.41. The molecule has 1 aromatic carbocycles. The molecule has 2 heterocycles. The molecule has 24 heavy (non-hydrogen) atoms. The first kappa shape index (κ1) is 16.4. The van der Waals surface area contributed by atoms with E-state index in [9.17, 15) is 9.59 Å². The number of rotatable bonds is 4. The largest absolute Gasteiger partial charge is 0.497 e. The Morgan fingerprint density at radius 1 is 1.38 bits per heavy atom. The molecule has 0 bridgehead atoms. The van der Waals surface area contributed by atoms with Gasteiger partial charge in [-0.05, 0) is 24.3 Å². The number of ether oxygens (including phenoxy) is 2. The second kappa shape index (κ2) is 6.98. The van der Waals surface area contributed by atoms with Crippen LogP contribution >= 0.6 is 11.3 Å². The zero-order chi connectivity index (χ0) is 17.1. The highest BCUT2D eigenvalue weighted by Gasteiger charge is 2.19. The molecule has 1 atom stereocenters. The average Bonchev–Trinajstić information content (AvgIpc) is 2.91. The third-order valence-corrected chi connectivity index (χ3v) is 4.82. The maximum atomic E-state index is 12.4. The third kappa shape index (κ3) is 3.39. The summed E-state index contributed by atoms with van der Waals surface area (Å²) in [7, 11) is 2.92. The topological polar surface area (TPSA) is 74.3 Å². The Bertz CT molecular complexity index is 914. The molecule has 1 unspecified atom stereocenters. The number of carbonyl (C=O) groups is 1. The first-order valence-corrected chi connectivity index (χ1v) is 8.22. The number of thiazole rings is 1. The van der Waals surface area contributed by atoms with Crippen molar-refractivity contribution in [1.29, 1.82) is 0 Å². The van der Waals surface area contributed by atoms with Crippen molar-refractivity contribution in [3.63, 3.8) is 0 Å². The lowest BCUT2D eigenvalue weighted by Gasteiger charge is -2.20. The third-order valence-electron chi connectivity index (χ3n) is 3.77. The van der Waals surface area contributed by atoms with Gasteiger partial charge in [-0.15, -0.1) is 0 Å². The van der Waals surface area contributed by atoms with Crippen LogP contribution in [0.15, 0.2) is 34.1 Å². The monoisotopic (exact) mass is 348 g/mol. The van der Waals surface area contributed by atoms with E-state index >= 15 is 0 Å². The van der Waals surface area contributed by atoms with E-state index in [4.69, 9.17) is 4.74 Å². The number of carbonyl (C=O) groups excluding carboxylic acids is 1. The van der Waals surface area contributed by atoms with E-state index in [0.29, 0.717) is 22.7 Å². The minimum atomic E-state index is -0.534. The van der Waals surface area contributed by atoms with Crippen molar-refractivity contribution in [3.8, 4) is 5.75 Å². The summed E-state index contributed by atoms with van der Waals surface area (Å²) in [6.07, 6.45) is 1.22. The van der Waals surface area contributed by atoms with Crippen LogP contribution in [0.3, 0.4) is 0 Å². The first-order chi connectivity index (χ1) is 11.6. The maximum absolute atomic E-state index is 12.4. The van der Waals surface area contributed by atoms with E-state index in [1.807, 2.05) is 24.3 Å². The minimum absolute atomic E-state index is 0.198. The average molecular weight is 348 g/mol. The summed E-state index contributed by atoms with van der Waals surface area (Å²) in [4.78, 5) is 30.0. The van der Waals surface area contributed by atoms with Gasteiger partial charge < -0.3 is 9.47 Å². The number of benzene rings is 1. The van der Waals surface area contributed by atoms with Gasteiger partial charge in [0.1, 0.15) is 16.8 Å². The zero-order valence-corrected chi connectivity index (χ0v) is 14.3. The van der Waals surface area contributed by atoms with Gasteiger partial charge in [0.2, 0.25) is 0 Å². The molecule has 0 amide bonds. The number of nitrogens with zero attached hydrogens (tertiary/aromatic N) is 2. The molecule has 1 aromatic heterocycles. The lowest BCUT2D eigenvalue weighted by atomic mass is 10.2. The normalized spacial score (nSPS) is 17.1. The summed E-state index contributed by atoms with van der Waals surface area (Å²) >= 11 is 1.22. The van der Waals surface area contributed by atoms with Gasteiger partial charge in [-0.25, -0.2) is 14.4 Å². The zero-order valence-electron chi connectivity index (χ0n) is 13.4. The van der Waals surface area contributed by atoms with E-state index in [2.05, 4.69) is 9.73 Å². The van der Waals surface area contributed by atoms with Gasteiger partial charge in [-0.3, -0.25) is 9.69 Å². The van der Waals surface area contributed by atoms with Crippen LogP contribution in [0, 0.1) is 0 Å². The standard InChI is InChI=1S/C16H17N3O4S/c1-22-12-5-3-11(4-6-12)8-18-9-17-16-19(10-18)15(21)13(24-16)7-14(20)23-2/h3-7H,8-10H2,1-2H3/p+1/b13-7-. The number of esters is 1. The van der Waals surface area contributed by atoms with Crippen LogP contribution in [-0.2, 0) is 22.7 Å². The predicted molar refractivity (Wildman–Crippen MR) is 88.4 cm³/mol. The van der Waals surface area contributed by atoms with Crippen molar-refractivity contribution in [2.24, 2.45) is 4.99 Å². The van der Waals surface area contributed by atoms with Gasteiger partial charge in [0.15, 0.2) is 18.1 Å². The molecule has 2 aromatic rings. The highest BCUT2D eigenvalue weighted by Crippen LogP contribution is 2.10. The molecule has 0 saturated carbocycles. The lowest BCUT2D eigenvalue weighted by Crippen LogP contribution is -3.11. The quantitative estimate of drug-likeness (QED) is 0.683. The summed E-state index contributed by atoms with van der Waals surface area (Å²) in [5.41, 5.74) is 0.949. The Morgan fingerprint density at radius 2 is 2.12 bits per heavy atom. The maximum Gasteiger partial charge on any atom is 0.332 e. The second-order valence-electron chi connectivity index (χ2n) is 5.40. The molecule has 126 valence electrons. The molecular weight excluding hydrogens is 330 g/mol. The molecule has 8 heteroatoms. The molecule has 0 fully saturated rings. The fraction of sp³-hybridized carbons (Fsp3) is 0.312. The summed E-state index contributed by atoms with van der Waals surface area (Å²) in [6.45, 7) is 1.87. The first-order valence-electron chi connectivity index (χ1n) is 7.41. The van der Waals surface area contributed by atoms with Crippen LogP contribution in [0.25, 0.3) is 6.08 Å². The Kier molecular flexibility index (Phi) is 4.77. The fourth-order valence-corrected chi connectivity index (χ4v) is 3.46. The van der Waals surface area contributed by atoms with Gasteiger partial charge >= 0.3 is 5.97 Å². The summed E-state index contributed by atoms with van der Waals surface area (Å²) in [6, 6.07) is 7.85. The molecule has 0 spiro atoms. The molecule has 7 nitrogen and oxygen atoms in total. The molecule has 0 saturated heterocycles. The molecule has 1 aliphatic rings. The number of methoxy groups -OCH3 is 2. The van der Waals surface area contributed by atoms with Crippen molar-refractivity contribution >= 4 is 23.4 Å². The van der Waals surface area contributed by atoms with Gasteiger partial charge in [-0.1, -0.05) is 11.3 Å². The SMILES string of the molecule is COC(=O)/C=c1\sc2n(c1=O)C[NH+](Cc1ccc(OC)cc1)CN=2. The summed E-state index contributed by atoms with van der Waals surface area (Å²) in [5, 5.41) is 0. The van der Waals surface area contributed by atoms with Crippen LogP contribution in [-0.4, -0.2) is 31.4 Å². The van der Waals surface area contributed by atoms with E-state index < -0.39 is 5.97 Å². The van der Waals surface area contributed by atoms with Crippen molar-refractivity contribution in [2.75, 3.05) is 20.9 Å². The van der Waals surface area contributed by atoms with Crippen molar-refractivity contribution in [2.45, 2.75) is 13.2 Å². The van der Waals surface area contributed by atoms with E-state index in [-0.39, 0.29) is 5.56 Å². The van der Waals surface area contributed by atoms with E-state index in [1.54, 1.807) is 11.7 Å². The Hall–Kier alpha value is -2.45. The van der Waals surface area contributed by atoms with Crippen LogP contribution < -0.4 is 24.5 Å². The number of hydrogen-bond donors (Lipinski definition) is 1. The van der Waals surface area contributed by atoms with Crippen molar-refractivity contribution in [1.82, 2.24) is 4.57 Å². The highest BCUT2D eigenvalue weighted by molar-refractivity contribution is 7.07. The van der Waals surface area contributed by atoms with Crippen LogP contribution in [0.4, 0.5) is 0 Å². The van der Waals surface area contributed by atoms with Gasteiger partial charge in [-0.2, -0.15) is 0 Å². The fourth-order valence-electron chi connectivity index (χ4n) is 2.53. The summed E-state index contributed by atoms with van der Waals surface area (Å²) in [5.74, 6) is 0.283. The Balaban J connectivity index is 1.80.